The Morgan fingerprint density at radius 3 is 2.69 bits per heavy atom. The highest BCUT2D eigenvalue weighted by Gasteiger charge is 2.10. The number of aldehydes is 1. The second-order valence-corrected chi connectivity index (χ2v) is 2.72. The molecular formula is C11H9F2O3. The van der Waals surface area contributed by atoms with E-state index >= 15 is 0 Å². The number of halogens is 2. The van der Waals surface area contributed by atoms with Crippen LogP contribution < -0.4 is 9.47 Å². The van der Waals surface area contributed by atoms with Gasteiger partial charge in [-0.1, -0.05) is 6.07 Å². The van der Waals surface area contributed by atoms with Gasteiger partial charge in [0.1, 0.15) is 0 Å². The molecule has 16 heavy (non-hydrogen) atoms. The smallest absolute Gasteiger partial charge is 0.387 e. The molecule has 0 amide bonds. The number of allylic oxidation sites excluding steroid dienone is 1. The molecule has 0 N–H and O–H groups in total. The van der Waals surface area contributed by atoms with E-state index in [9.17, 15) is 13.6 Å². The third-order valence-corrected chi connectivity index (χ3v) is 1.72. The highest BCUT2D eigenvalue weighted by Crippen LogP contribution is 2.29. The van der Waals surface area contributed by atoms with Crippen molar-refractivity contribution in [2.75, 3.05) is 7.11 Å². The molecule has 0 aliphatic heterocycles. The lowest BCUT2D eigenvalue weighted by molar-refractivity contribution is -0.104. The van der Waals surface area contributed by atoms with Crippen molar-refractivity contribution in [3.8, 4) is 11.5 Å². The Hall–Kier alpha value is -1.91. The zero-order valence-electron chi connectivity index (χ0n) is 8.44. The Balaban J connectivity index is 2.96. The first-order valence-electron chi connectivity index (χ1n) is 4.33. The van der Waals surface area contributed by atoms with Crippen molar-refractivity contribution >= 4 is 12.4 Å². The van der Waals surface area contributed by atoms with Gasteiger partial charge in [-0.3, -0.25) is 4.79 Å². The average Bonchev–Trinajstić information content (AvgIpc) is 2.27. The SMILES string of the molecule is COc1cc(/C=[C]/C=O)ccc1OC(F)F. The molecule has 0 spiro atoms. The fourth-order valence-corrected chi connectivity index (χ4v) is 1.10. The summed E-state index contributed by atoms with van der Waals surface area (Å²) in [6, 6.07) is 4.31. The van der Waals surface area contributed by atoms with Gasteiger partial charge in [0.05, 0.1) is 7.11 Å². The summed E-state index contributed by atoms with van der Waals surface area (Å²) in [5.41, 5.74) is 0.602. The summed E-state index contributed by atoms with van der Waals surface area (Å²) in [5, 5.41) is 0. The van der Waals surface area contributed by atoms with Gasteiger partial charge >= 0.3 is 6.61 Å². The molecule has 1 aromatic carbocycles. The first kappa shape index (κ1) is 12.2. The molecule has 1 aromatic rings. The fraction of sp³-hybridized carbons (Fsp3) is 0.182. The lowest BCUT2D eigenvalue weighted by atomic mass is 10.2. The van der Waals surface area contributed by atoms with Gasteiger partial charge in [-0.15, -0.1) is 0 Å². The zero-order valence-corrected chi connectivity index (χ0v) is 8.44. The molecule has 85 valence electrons. The van der Waals surface area contributed by atoms with E-state index in [-0.39, 0.29) is 11.5 Å². The van der Waals surface area contributed by atoms with Crippen molar-refractivity contribution in [3.05, 3.63) is 29.8 Å². The quantitative estimate of drug-likeness (QED) is 0.572. The first-order valence-corrected chi connectivity index (χ1v) is 4.33. The largest absolute Gasteiger partial charge is 0.493 e. The van der Waals surface area contributed by atoms with Crippen LogP contribution in [-0.2, 0) is 4.79 Å². The molecule has 0 aliphatic rings. The normalized spacial score (nSPS) is 10.8. The maximum absolute atomic E-state index is 12.0. The van der Waals surface area contributed by atoms with Crippen LogP contribution in [0, 0.1) is 6.08 Å². The van der Waals surface area contributed by atoms with Gasteiger partial charge in [-0.05, 0) is 23.8 Å². The topological polar surface area (TPSA) is 35.5 Å². The van der Waals surface area contributed by atoms with Gasteiger partial charge in [0.15, 0.2) is 17.8 Å². The van der Waals surface area contributed by atoms with Crippen molar-refractivity contribution in [1.29, 1.82) is 0 Å². The van der Waals surface area contributed by atoms with Crippen LogP contribution in [0.3, 0.4) is 0 Å². The molecule has 0 saturated carbocycles. The summed E-state index contributed by atoms with van der Waals surface area (Å²) < 4.78 is 33.1. The van der Waals surface area contributed by atoms with Gasteiger partial charge in [-0.25, -0.2) is 0 Å². The molecule has 0 heterocycles. The Labute approximate surface area is 91.3 Å². The van der Waals surface area contributed by atoms with Crippen LogP contribution in [0.1, 0.15) is 5.56 Å². The van der Waals surface area contributed by atoms with Crippen LogP contribution in [0.2, 0.25) is 0 Å². The van der Waals surface area contributed by atoms with Crippen LogP contribution in [-0.4, -0.2) is 20.0 Å². The van der Waals surface area contributed by atoms with Gasteiger partial charge < -0.3 is 9.47 Å². The summed E-state index contributed by atoms with van der Waals surface area (Å²) in [6.07, 6.45) is 4.23. The Morgan fingerprint density at radius 1 is 1.38 bits per heavy atom. The van der Waals surface area contributed by atoms with E-state index in [0.29, 0.717) is 11.8 Å². The minimum Gasteiger partial charge on any atom is -0.493 e. The van der Waals surface area contributed by atoms with Gasteiger partial charge in [-0.2, -0.15) is 8.78 Å². The van der Waals surface area contributed by atoms with E-state index in [1.54, 1.807) is 0 Å². The Morgan fingerprint density at radius 2 is 2.12 bits per heavy atom. The molecule has 0 bridgehead atoms. The van der Waals surface area contributed by atoms with Crippen molar-refractivity contribution in [2.45, 2.75) is 6.61 Å². The maximum atomic E-state index is 12.0. The molecule has 1 radical (unpaired) electrons. The van der Waals surface area contributed by atoms with Gasteiger partial charge in [0.2, 0.25) is 0 Å². The Kier molecular flexibility index (Phi) is 4.44. The maximum Gasteiger partial charge on any atom is 0.387 e. The van der Waals surface area contributed by atoms with E-state index < -0.39 is 6.61 Å². The standard InChI is InChI=1S/C11H9F2O3/c1-15-10-7-8(3-2-6-14)4-5-9(10)16-11(12)13/h3-7,11H,1H3. The third-order valence-electron chi connectivity index (χ3n) is 1.72. The number of hydrogen-bond donors (Lipinski definition) is 0. The number of rotatable bonds is 5. The van der Waals surface area contributed by atoms with E-state index in [1.165, 1.54) is 31.4 Å². The molecule has 0 aliphatic carbocycles. The van der Waals surface area contributed by atoms with Crippen LogP contribution >= 0.6 is 0 Å². The van der Waals surface area contributed by atoms with Crippen LogP contribution in [0.15, 0.2) is 18.2 Å². The van der Waals surface area contributed by atoms with E-state index in [2.05, 4.69) is 10.8 Å². The molecule has 1 rings (SSSR count). The zero-order chi connectivity index (χ0) is 12.0. The molecular weight excluding hydrogens is 218 g/mol. The fourth-order valence-electron chi connectivity index (χ4n) is 1.10. The number of methoxy groups -OCH3 is 1. The summed E-state index contributed by atoms with van der Waals surface area (Å²) >= 11 is 0. The van der Waals surface area contributed by atoms with E-state index in [0.717, 1.165) is 0 Å². The summed E-state index contributed by atoms with van der Waals surface area (Å²) in [6.45, 7) is -2.91. The van der Waals surface area contributed by atoms with Crippen LogP contribution in [0.5, 0.6) is 11.5 Å². The Bertz CT molecular complexity index is 389. The number of benzene rings is 1. The average molecular weight is 227 g/mol. The van der Waals surface area contributed by atoms with Crippen LogP contribution in [0.25, 0.3) is 6.08 Å². The van der Waals surface area contributed by atoms with E-state index in [4.69, 9.17) is 4.74 Å². The lowest BCUT2D eigenvalue weighted by Crippen LogP contribution is -2.03. The second kappa shape index (κ2) is 5.85. The summed E-state index contributed by atoms with van der Waals surface area (Å²) in [7, 11) is 1.34. The van der Waals surface area contributed by atoms with Gasteiger partial charge in [0.25, 0.3) is 0 Å². The number of hydrogen-bond acceptors (Lipinski definition) is 3. The molecule has 0 fully saturated rings. The van der Waals surface area contributed by atoms with Gasteiger partial charge in [0, 0.05) is 6.08 Å². The third kappa shape index (κ3) is 3.34. The lowest BCUT2D eigenvalue weighted by Gasteiger charge is -2.09. The van der Waals surface area contributed by atoms with Crippen molar-refractivity contribution in [2.24, 2.45) is 0 Å². The first-order chi connectivity index (χ1) is 7.67. The number of alkyl halides is 2. The highest BCUT2D eigenvalue weighted by atomic mass is 19.3. The van der Waals surface area contributed by atoms with Crippen molar-refractivity contribution in [1.82, 2.24) is 0 Å². The highest BCUT2D eigenvalue weighted by molar-refractivity contribution is 5.69. The minimum absolute atomic E-state index is 0.0549. The summed E-state index contributed by atoms with van der Waals surface area (Å²) in [5.74, 6) is 0.113. The molecule has 0 unspecified atom stereocenters. The number of ether oxygens (including phenoxy) is 2. The predicted molar refractivity (Wildman–Crippen MR) is 53.4 cm³/mol. The number of carbonyl (C=O) groups excluding carboxylic acids is 1. The number of carbonyl (C=O) groups is 1. The van der Waals surface area contributed by atoms with Crippen molar-refractivity contribution in [3.63, 3.8) is 0 Å². The molecule has 0 atom stereocenters. The molecule has 5 heteroatoms. The summed E-state index contributed by atoms with van der Waals surface area (Å²) in [4.78, 5) is 10.0. The van der Waals surface area contributed by atoms with Crippen molar-refractivity contribution < 1.29 is 23.0 Å². The van der Waals surface area contributed by atoms with E-state index in [1.807, 2.05) is 0 Å². The molecule has 3 nitrogen and oxygen atoms in total. The molecule has 0 aromatic heterocycles. The monoisotopic (exact) mass is 227 g/mol. The predicted octanol–water partition coefficient (Wildman–Crippen LogP) is 2.31. The molecule has 0 saturated heterocycles. The minimum atomic E-state index is -2.91. The van der Waals surface area contributed by atoms with Crippen LogP contribution in [0.4, 0.5) is 8.78 Å². The second-order valence-electron chi connectivity index (χ2n) is 2.72.